The number of carbonyl (C=O) groups is 1. The second-order valence-corrected chi connectivity index (χ2v) is 5.06. The summed E-state index contributed by atoms with van der Waals surface area (Å²) in [6.07, 6.45) is 5.14. The Morgan fingerprint density at radius 1 is 1.63 bits per heavy atom. The van der Waals surface area contributed by atoms with Crippen molar-refractivity contribution in [3.63, 3.8) is 0 Å². The van der Waals surface area contributed by atoms with Crippen LogP contribution in [-0.4, -0.2) is 22.4 Å². The molecule has 0 spiro atoms. The maximum Gasteiger partial charge on any atom is 0.316 e. The van der Waals surface area contributed by atoms with E-state index in [1.54, 1.807) is 13.0 Å². The summed E-state index contributed by atoms with van der Waals surface area (Å²) in [5, 5.41) is 4.52. The first-order chi connectivity index (χ1) is 8.96. The van der Waals surface area contributed by atoms with E-state index in [0.29, 0.717) is 19.1 Å². The van der Waals surface area contributed by atoms with Gasteiger partial charge in [-0.25, -0.2) is 0 Å². The smallest absolute Gasteiger partial charge is 0.316 e. The normalized spacial score (nSPS) is 15.6. The summed E-state index contributed by atoms with van der Waals surface area (Å²) in [6, 6.07) is 2.32. The van der Waals surface area contributed by atoms with Crippen LogP contribution in [-0.2, 0) is 16.0 Å². The van der Waals surface area contributed by atoms with Crippen LogP contribution in [0.5, 0.6) is 0 Å². The minimum Gasteiger partial charge on any atom is -0.465 e. The summed E-state index contributed by atoms with van der Waals surface area (Å²) < 4.78 is 7.04. The van der Waals surface area contributed by atoms with E-state index in [-0.39, 0.29) is 5.97 Å². The van der Waals surface area contributed by atoms with E-state index in [1.165, 1.54) is 0 Å². The lowest BCUT2D eigenvalue weighted by atomic mass is 9.86. The zero-order valence-electron chi connectivity index (χ0n) is 12.3. The molecule has 0 N–H and O–H groups in total. The Hall–Kier alpha value is -1.58. The molecule has 4 heteroatoms. The molecule has 0 amide bonds. The Balaban J connectivity index is 2.84. The third-order valence-electron chi connectivity index (χ3n) is 3.45. The largest absolute Gasteiger partial charge is 0.465 e. The van der Waals surface area contributed by atoms with Gasteiger partial charge in [0.15, 0.2) is 0 Å². The van der Waals surface area contributed by atoms with E-state index >= 15 is 0 Å². The maximum atomic E-state index is 12.0. The molecule has 0 aliphatic carbocycles. The minimum absolute atomic E-state index is 0.247. The average Bonchev–Trinajstić information content (AvgIpc) is 2.86. The first-order valence-electron chi connectivity index (χ1n) is 6.81. The summed E-state index contributed by atoms with van der Waals surface area (Å²) in [7, 11) is 0. The van der Waals surface area contributed by atoms with E-state index in [9.17, 15) is 4.79 Å². The molecule has 2 unspecified atom stereocenters. The molecule has 0 saturated heterocycles. The van der Waals surface area contributed by atoms with Crippen LogP contribution >= 0.6 is 0 Å². The van der Waals surface area contributed by atoms with Crippen molar-refractivity contribution in [2.24, 2.45) is 5.41 Å². The second kappa shape index (κ2) is 6.55. The summed E-state index contributed by atoms with van der Waals surface area (Å²) >= 11 is 0. The van der Waals surface area contributed by atoms with Crippen molar-refractivity contribution in [1.82, 2.24) is 9.78 Å². The van der Waals surface area contributed by atoms with E-state index < -0.39 is 5.41 Å². The fourth-order valence-electron chi connectivity index (χ4n) is 1.80. The van der Waals surface area contributed by atoms with Gasteiger partial charge in [0, 0.05) is 18.7 Å². The molecular weight excluding hydrogens is 240 g/mol. The fourth-order valence-corrected chi connectivity index (χ4v) is 1.80. The molecule has 106 valence electrons. The van der Waals surface area contributed by atoms with Gasteiger partial charge in [-0.3, -0.25) is 9.48 Å². The molecule has 0 aliphatic heterocycles. The number of esters is 1. The van der Waals surface area contributed by atoms with E-state index in [4.69, 9.17) is 4.74 Å². The highest BCUT2D eigenvalue weighted by atomic mass is 16.5. The number of carbonyl (C=O) groups excluding carboxylic acids is 1. The molecule has 2 atom stereocenters. The number of nitrogens with zero attached hydrogens (tertiary/aromatic N) is 2. The lowest BCUT2D eigenvalue weighted by Crippen LogP contribution is -2.30. The van der Waals surface area contributed by atoms with Gasteiger partial charge >= 0.3 is 5.97 Å². The van der Waals surface area contributed by atoms with Crippen LogP contribution in [0.3, 0.4) is 0 Å². The van der Waals surface area contributed by atoms with Crippen molar-refractivity contribution in [2.75, 3.05) is 6.61 Å². The molecule has 1 aromatic heterocycles. The van der Waals surface area contributed by atoms with Crippen LogP contribution in [0.2, 0.25) is 0 Å². The van der Waals surface area contributed by atoms with Gasteiger partial charge in [-0.05, 0) is 33.3 Å². The van der Waals surface area contributed by atoms with Crippen molar-refractivity contribution in [2.45, 2.75) is 46.6 Å². The van der Waals surface area contributed by atoms with Gasteiger partial charge in [0.2, 0.25) is 0 Å². The molecule has 19 heavy (non-hydrogen) atoms. The van der Waals surface area contributed by atoms with Crippen LogP contribution < -0.4 is 0 Å². The Labute approximate surface area is 115 Å². The van der Waals surface area contributed by atoms with Crippen LogP contribution in [0.1, 0.15) is 45.9 Å². The Kier molecular flexibility index (Phi) is 5.33. The van der Waals surface area contributed by atoms with Crippen LogP contribution in [0.15, 0.2) is 24.9 Å². The van der Waals surface area contributed by atoms with Crippen molar-refractivity contribution < 1.29 is 9.53 Å². The van der Waals surface area contributed by atoms with Gasteiger partial charge in [-0.1, -0.05) is 13.0 Å². The number of rotatable bonds is 7. The number of hydrogen-bond donors (Lipinski definition) is 0. The molecule has 0 aliphatic rings. The summed E-state index contributed by atoms with van der Waals surface area (Å²) in [5.41, 5.74) is 0.167. The lowest BCUT2D eigenvalue weighted by molar-refractivity contribution is -0.151. The predicted octanol–water partition coefficient (Wildman–Crippen LogP) is 3.15. The van der Waals surface area contributed by atoms with Crippen molar-refractivity contribution in [3.05, 3.63) is 30.6 Å². The third kappa shape index (κ3) is 3.69. The summed E-state index contributed by atoms with van der Waals surface area (Å²) in [6.45, 7) is 12.0. The standard InChI is InChI=1S/C15H24N2O2/c1-6-12(4)17-10-9-13(16-17)11-15(5,7-2)14(18)19-8-3/h7,9-10,12H,2,6,8,11H2,1,3-5H3. The van der Waals surface area contributed by atoms with Crippen molar-refractivity contribution in [3.8, 4) is 0 Å². The summed E-state index contributed by atoms with van der Waals surface area (Å²) in [4.78, 5) is 12.0. The van der Waals surface area contributed by atoms with Crippen molar-refractivity contribution >= 4 is 5.97 Å². The maximum absolute atomic E-state index is 12.0. The van der Waals surface area contributed by atoms with Gasteiger partial charge in [0.05, 0.1) is 17.7 Å². The zero-order chi connectivity index (χ0) is 14.5. The van der Waals surface area contributed by atoms with Crippen molar-refractivity contribution in [1.29, 1.82) is 0 Å². The van der Waals surface area contributed by atoms with Gasteiger partial charge in [-0.15, -0.1) is 6.58 Å². The lowest BCUT2D eigenvalue weighted by Gasteiger charge is -2.22. The molecule has 0 radical (unpaired) electrons. The molecule has 0 fully saturated rings. The highest BCUT2D eigenvalue weighted by Crippen LogP contribution is 2.25. The van der Waals surface area contributed by atoms with Crippen LogP contribution in [0.4, 0.5) is 0 Å². The number of aromatic nitrogens is 2. The first kappa shape index (κ1) is 15.5. The van der Waals surface area contributed by atoms with Gasteiger partial charge in [0.25, 0.3) is 0 Å². The van der Waals surface area contributed by atoms with Gasteiger partial charge in [-0.2, -0.15) is 5.10 Å². The zero-order valence-corrected chi connectivity index (χ0v) is 12.3. The molecule has 0 aromatic carbocycles. The minimum atomic E-state index is -0.718. The second-order valence-electron chi connectivity index (χ2n) is 5.06. The summed E-state index contributed by atoms with van der Waals surface area (Å²) in [5.74, 6) is -0.247. The third-order valence-corrected chi connectivity index (χ3v) is 3.45. The van der Waals surface area contributed by atoms with Crippen LogP contribution in [0, 0.1) is 5.41 Å². The number of ether oxygens (including phenoxy) is 1. The molecule has 1 aromatic rings. The Bertz CT molecular complexity index is 439. The predicted molar refractivity (Wildman–Crippen MR) is 75.9 cm³/mol. The first-order valence-corrected chi connectivity index (χ1v) is 6.81. The highest BCUT2D eigenvalue weighted by molar-refractivity contribution is 5.78. The topological polar surface area (TPSA) is 44.1 Å². The quantitative estimate of drug-likeness (QED) is 0.561. The average molecular weight is 264 g/mol. The monoisotopic (exact) mass is 264 g/mol. The fraction of sp³-hybridized carbons (Fsp3) is 0.600. The molecule has 0 saturated carbocycles. The number of hydrogen-bond acceptors (Lipinski definition) is 3. The molecule has 1 heterocycles. The Morgan fingerprint density at radius 2 is 2.32 bits per heavy atom. The molecule has 1 rings (SSSR count). The van der Waals surface area contributed by atoms with Gasteiger partial charge < -0.3 is 4.74 Å². The van der Waals surface area contributed by atoms with E-state index in [1.807, 2.05) is 23.9 Å². The van der Waals surface area contributed by atoms with E-state index in [0.717, 1.165) is 12.1 Å². The SMILES string of the molecule is C=CC(C)(Cc1ccn(C(C)CC)n1)C(=O)OCC. The molecule has 4 nitrogen and oxygen atoms in total. The van der Waals surface area contributed by atoms with Gasteiger partial charge in [0.1, 0.15) is 0 Å². The molecule has 0 bridgehead atoms. The highest BCUT2D eigenvalue weighted by Gasteiger charge is 2.32. The van der Waals surface area contributed by atoms with E-state index in [2.05, 4.69) is 25.5 Å². The van der Waals surface area contributed by atoms with Crippen LogP contribution in [0.25, 0.3) is 0 Å². The Morgan fingerprint density at radius 3 is 2.84 bits per heavy atom. The molecular formula is C15H24N2O2.